The lowest BCUT2D eigenvalue weighted by Gasteiger charge is -2.04. The van der Waals surface area contributed by atoms with Crippen LogP contribution in [0.4, 0.5) is 11.4 Å². The smallest absolute Gasteiger partial charge is 0.225 e. The predicted molar refractivity (Wildman–Crippen MR) is 79.5 cm³/mol. The highest BCUT2D eigenvalue weighted by molar-refractivity contribution is 8.01. The van der Waals surface area contributed by atoms with E-state index in [-0.39, 0.29) is 5.91 Å². The Bertz CT molecular complexity index is 553. The minimum Gasteiger partial charge on any atom is -0.399 e. The Balaban J connectivity index is 1.74. The molecule has 2 rings (SSSR count). The summed E-state index contributed by atoms with van der Waals surface area (Å²) in [6.07, 6.45) is 0.438. The molecule has 0 aliphatic carbocycles. The fourth-order valence-electron chi connectivity index (χ4n) is 1.36. The zero-order valence-electron chi connectivity index (χ0n) is 10.4. The fraction of sp³-hybridized carbons (Fsp3) is 0.250. The molecular weight excluding hydrogens is 280 g/mol. The number of hydrogen-bond acceptors (Lipinski definition) is 6. The quantitative estimate of drug-likeness (QED) is 0.654. The van der Waals surface area contributed by atoms with Crippen LogP contribution >= 0.6 is 23.1 Å². The van der Waals surface area contributed by atoms with Crippen LogP contribution in [0.2, 0.25) is 0 Å². The summed E-state index contributed by atoms with van der Waals surface area (Å²) in [6.45, 7) is 1.91. The van der Waals surface area contributed by atoms with Gasteiger partial charge in [-0.3, -0.25) is 4.79 Å². The van der Waals surface area contributed by atoms with E-state index in [0.29, 0.717) is 17.9 Å². The van der Waals surface area contributed by atoms with Crippen LogP contribution in [0.1, 0.15) is 11.4 Å². The summed E-state index contributed by atoms with van der Waals surface area (Å²) in [4.78, 5) is 11.7. The van der Waals surface area contributed by atoms with Crippen molar-refractivity contribution >= 4 is 40.4 Å². The normalized spacial score (nSPS) is 10.4. The highest BCUT2D eigenvalue weighted by Gasteiger charge is 2.05. The molecule has 0 radical (unpaired) electrons. The van der Waals surface area contributed by atoms with Crippen molar-refractivity contribution in [3.8, 4) is 0 Å². The molecule has 5 nitrogen and oxygen atoms in total. The van der Waals surface area contributed by atoms with Crippen LogP contribution in [0, 0.1) is 6.92 Å². The number of carbonyl (C=O) groups is 1. The van der Waals surface area contributed by atoms with Gasteiger partial charge in [0.05, 0.1) is 0 Å². The molecule has 100 valence electrons. The number of amides is 1. The Morgan fingerprint density at radius 1 is 1.37 bits per heavy atom. The Morgan fingerprint density at radius 2 is 2.11 bits per heavy atom. The van der Waals surface area contributed by atoms with Crippen molar-refractivity contribution in [1.29, 1.82) is 0 Å². The molecule has 0 aliphatic rings. The number of hydrogen-bond donors (Lipinski definition) is 2. The third kappa shape index (κ3) is 4.53. The van der Waals surface area contributed by atoms with E-state index in [0.717, 1.165) is 15.0 Å². The van der Waals surface area contributed by atoms with Gasteiger partial charge >= 0.3 is 0 Å². The van der Waals surface area contributed by atoms with Crippen LogP contribution in [0.25, 0.3) is 0 Å². The first-order valence-electron chi connectivity index (χ1n) is 5.72. The number of thioether (sulfide) groups is 1. The first-order valence-corrected chi connectivity index (χ1v) is 7.52. The number of anilines is 2. The molecule has 1 heterocycles. The molecule has 1 aromatic carbocycles. The van der Waals surface area contributed by atoms with E-state index in [2.05, 4.69) is 15.5 Å². The van der Waals surface area contributed by atoms with E-state index in [1.165, 1.54) is 0 Å². The monoisotopic (exact) mass is 294 g/mol. The number of nitrogens with zero attached hydrogens (tertiary/aromatic N) is 2. The second-order valence-electron chi connectivity index (χ2n) is 3.86. The SMILES string of the molecule is Cc1nnc(SCCC(=O)Nc2ccc(N)cc2)s1. The lowest BCUT2D eigenvalue weighted by molar-refractivity contribution is -0.115. The largest absolute Gasteiger partial charge is 0.399 e. The minimum absolute atomic E-state index is 0.0153. The van der Waals surface area contributed by atoms with Crippen molar-refractivity contribution in [3.63, 3.8) is 0 Å². The van der Waals surface area contributed by atoms with E-state index in [9.17, 15) is 4.79 Å². The van der Waals surface area contributed by atoms with Crippen molar-refractivity contribution < 1.29 is 4.79 Å². The third-order valence-electron chi connectivity index (χ3n) is 2.26. The summed E-state index contributed by atoms with van der Waals surface area (Å²) in [6, 6.07) is 7.09. The molecule has 0 saturated heterocycles. The fourth-order valence-corrected chi connectivity index (χ4v) is 3.18. The summed E-state index contributed by atoms with van der Waals surface area (Å²) in [7, 11) is 0. The van der Waals surface area contributed by atoms with E-state index < -0.39 is 0 Å². The zero-order chi connectivity index (χ0) is 13.7. The molecule has 0 spiro atoms. The van der Waals surface area contributed by atoms with Crippen LogP contribution in [0.5, 0.6) is 0 Å². The van der Waals surface area contributed by atoms with E-state index in [1.54, 1.807) is 47.4 Å². The van der Waals surface area contributed by atoms with Crippen LogP contribution in [0.15, 0.2) is 28.6 Å². The zero-order valence-corrected chi connectivity index (χ0v) is 12.1. The average Bonchev–Trinajstić information content (AvgIpc) is 2.78. The lowest BCUT2D eigenvalue weighted by Crippen LogP contribution is -2.12. The average molecular weight is 294 g/mol. The first kappa shape index (κ1) is 13.8. The molecular formula is C12H14N4OS2. The van der Waals surface area contributed by atoms with Gasteiger partial charge in [-0.2, -0.15) is 0 Å². The highest BCUT2D eigenvalue weighted by Crippen LogP contribution is 2.22. The molecule has 7 heteroatoms. The second-order valence-corrected chi connectivity index (χ2v) is 6.38. The maximum atomic E-state index is 11.7. The van der Waals surface area contributed by atoms with E-state index >= 15 is 0 Å². The summed E-state index contributed by atoms with van der Waals surface area (Å²) in [5, 5.41) is 11.7. The minimum atomic E-state index is -0.0153. The predicted octanol–water partition coefficient (Wildman–Crippen LogP) is 2.55. The molecule has 0 fully saturated rings. The highest BCUT2D eigenvalue weighted by atomic mass is 32.2. The van der Waals surface area contributed by atoms with Crippen LogP contribution in [0.3, 0.4) is 0 Å². The Labute approximate surface area is 119 Å². The first-order chi connectivity index (χ1) is 9.13. The molecule has 0 unspecified atom stereocenters. The molecule has 0 saturated carbocycles. The van der Waals surface area contributed by atoms with Gasteiger partial charge in [-0.05, 0) is 31.2 Å². The van der Waals surface area contributed by atoms with Crippen molar-refractivity contribution in [3.05, 3.63) is 29.3 Å². The van der Waals surface area contributed by atoms with Crippen LogP contribution in [-0.2, 0) is 4.79 Å². The van der Waals surface area contributed by atoms with Crippen molar-refractivity contribution in [1.82, 2.24) is 10.2 Å². The Morgan fingerprint density at radius 3 is 2.74 bits per heavy atom. The molecule has 0 atom stereocenters. The van der Waals surface area contributed by atoms with Gasteiger partial charge in [-0.15, -0.1) is 10.2 Å². The van der Waals surface area contributed by atoms with Gasteiger partial charge in [-0.1, -0.05) is 23.1 Å². The van der Waals surface area contributed by atoms with Gasteiger partial charge in [0.25, 0.3) is 0 Å². The topological polar surface area (TPSA) is 80.9 Å². The molecule has 1 aromatic heterocycles. The maximum absolute atomic E-state index is 11.7. The van der Waals surface area contributed by atoms with E-state index in [4.69, 9.17) is 5.73 Å². The number of nitrogen functional groups attached to an aromatic ring is 1. The molecule has 0 bridgehead atoms. The lowest BCUT2D eigenvalue weighted by atomic mass is 10.3. The third-order valence-corrected chi connectivity index (χ3v) is 4.23. The summed E-state index contributed by atoms with van der Waals surface area (Å²) < 4.78 is 0.901. The van der Waals surface area contributed by atoms with Gasteiger partial charge in [0, 0.05) is 23.5 Å². The molecule has 3 N–H and O–H groups in total. The number of nitrogens with two attached hydrogens (primary N) is 1. The van der Waals surface area contributed by atoms with Gasteiger partial charge in [0.15, 0.2) is 4.34 Å². The Hall–Kier alpha value is -1.60. The second kappa shape index (κ2) is 6.53. The summed E-state index contributed by atoms with van der Waals surface area (Å²) >= 11 is 3.09. The van der Waals surface area contributed by atoms with Crippen molar-refractivity contribution in [2.24, 2.45) is 0 Å². The summed E-state index contributed by atoms with van der Waals surface area (Å²) in [5.41, 5.74) is 7.02. The number of rotatable bonds is 5. The van der Waals surface area contributed by atoms with Crippen molar-refractivity contribution in [2.45, 2.75) is 17.7 Å². The maximum Gasteiger partial charge on any atom is 0.225 e. The molecule has 0 aliphatic heterocycles. The molecule has 19 heavy (non-hydrogen) atoms. The van der Waals surface area contributed by atoms with Crippen LogP contribution in [-0.4, -0.2) is 21.9 Å². The van der Waals surface area contributed by atoms with Gasteiger partial charge in [0.2, 0.25) is 5.91 Å². The van der Waals surface area contributed by atoms with Crippen LogP contribution < -0.4 is 11.1 Å². The molecule has 1 amide bonds. The standard InChI is InChI=1S/C12H14N4OS2/c1-8-15-16-12(19-8)18-7-6-11(17)14-10-4-2-9(13)3-5-10/h2-5H,6-7,13H2,1H3,(H,14,17). The van der Waals surface area contributed by atoms with Gasteiger partial charge in [0.1, 0.15) is 5.01 Å². The number of aromatic nitrogens is 2. The Kier molecular flexibility index (Phi) is 4.75. The molecule has 2 aromatic rings. The number of benzene rings is 1. The number of aryl methyl sites for hydroxylation is 1. The van der Waals surface area contributed by atoms with E-state index in [1.807, 2.05) is 6.92 Å². The van der Waals surface area contributed by atoms with Crippen molar-refractivity contribution in [2.75, 3.05) is 16.8 Å². The number of carbonyl (C=O) groups excluding carboxylic acids is 1. The van der Waals surface area contributed by atoms with Gasteiger partial charge in [-0.25, -0.2) is 0 Å². The number of nitrogens with one attached hydrogen (secondary N) is 1. The summed E-state index contributed by atoms with van der Waals surface area (Å²) in [5.74, 6) is 0.675. The van der Waals surface area contributed by atoms with Gasteiger partial charge < -0.3 is 11.1 Å².